The van der Waals surface area contributed by atoms with E-state index >= 15 is 0 Å². The van der Waals surface area contributed by atoms with E-state index in [2.05, 4.69) is 39.4 Å². The number of benzene rings is 1. The average Bonchev–Trinajstić information content (AvgIpc) is 2.70. The Morgan fingerprint density at radius 1 is 0.963 bits per heavy atom. The zero-order chi connectivity index (χ0) is 18.6. The zero-order valence-corrected chi connectivity index (χ0v) is 16.7. The number of nitrogens with zero attached hydrogens (tertiary/aromatic N) is 4. The minimum absolute atomic E-state index is 0.103. The summed E-state index contributed by atoms with van der Waals surface area (Å²) in [7, 11) is 2.16. The lowest BCUT2D eigenvalue weighted by molar-refractivity contribution is 0.272. The number of anilines is 1. The van der Waals surface area contributed by atoms with E-state index in [1.54, 1.807) is 24.1 Å². The van der Waals surface area contributed by atoms with Gasteiger partial charge in [0.1, 0.15) is 16.7 Å². The molecule has 0 spiro atoms. The number of rotatable bonds is 4. The lowest BCUT2D eigenvalue weighted by Crippen LogP contribution is -2.44. The molecule has 27 heavy (non-hydrogen) atoms. The van der Waals surface area contributed by atoms with Crippen molar-refractivity contribution in [1.82, 2.24) is 14.2 Å². The van der Waals surface area contributed by atoms with Crippen molar-refractivity contribution in [3.63, 3.8) is 0 Å². The number of pyridine rings is 1. The first-order valence-corrected chi connectivity index (χ1v) is 10.6. The van der Waals surface area contributed by atoms with Crippen molar-refractivity contribution < 1.29 is 4.39 Å². The van der Waals surface area contributed by atoms with Crippen LogP contribution in [0.5, 0.6) is 0 Å². The highest BCUT2D eigenvalue weighted by atomic mass is 32.2. The highest BCUT2D eigenvalue weighted by Crippen LogP contribution is 2.39. The summed E-state index contributed by atoms with van der Waals surface area (Å²) >= 11 is 1.67. The predicted octanol–water partition coefficient (Wildman–Crippen LogP) is 4.21. The van der Waals surface area contributed by atoms with Crippen molar-refractivity contribution in [2.45, 2.75) is 30.3 Å². The molecule has 0 amide bonds. The molecule has 4 rings (SSSR count). The van der Waals surface area contributed by atoms with Gasteiger partial charge in [0.05, 0.1) is 0 Å². The summed E-state index contributed by atoms with van der Waals surface area (Å²) < 4.78 is 16.7. The number of hydrogen-bond donors (Lipinski definition) is 0. The Morgan fingerprint density at radius 3 is 2.59 bits per heavy atom. The van der Waals surface area contributed by atoms with Gasteiger partial charge in [-0.05, 0) is 50.0 Å². The summed E-state index contributed by atoms with van der Waals surface area (Å²) in [5, 5.41) is 0.995. The van der Waals surface area contributed by atoms with Gasteiger partial charge in [0.15, 0.2) is 0 Å². The molecule has 144 valence electrons. The molecule has 4 nitrogen and oxygen atoms in total. The standard InChI is InChI=1S/C21H27FN4S/c1-24-13-15-25(16-14-24)20-10-6-11-21(23-20)27-26-12-5-4-9-19(26)17-7-2-3-8-18(17)22/h2-3,6-8,10-11,19H,4-5,9,12-16H2,1H3. The second kappa shape index (κ2) is 8.59. The van der Waals surface area contributed by atoms with Crippen LogP contribution in [0.3, 0.4) is 0 Å². The fraction of sp³-hybridized carbons (Fsp3) is 0.476. The van der Waals surface area contributed by atoms with Gasteiger partial charge in [-0.15, -0.1) is 0 Å². The lowest BCUT2D eigenvalue weighted by Gasteiger charge is -2.35. The number of hydrogen-bond acceptors (Lipinski definition) is 5. The Hall–Kier alpha value is -1.63. The fourth-order valence-corrected chi connectivity index (χ4v) is 4.94. The van der Waals surface area contributed by atoms with Crippen LogP contribution in [0.4, 0.5) is 10.2 Å². The summed E-state index contributed by atoms with van der Waals surface area (Å²) in [6.45, 7) is 5.13. The number of piperazine rings is 1. The molecule has 0 N–H and O–H groups in total. The third-order valence-electron chi connectivity index (χ3n) is 5.46. The Bertz CT molecular complexity index is 763. The molecule has 1 atom stereocenters. The van der Waals surface area contributed by atoms with Crippen LogP contribution < -0.4 is 4.90 Å². The molecular formula is C21H27FN4S. The lowest BCUT2D eigenvalue weighted by atomic mass is 9.97. The van der Waals surface area contributed by atoms with Crippen molar-refractivity contribution in [2.75, 3.05) is 44.7 Å². The molecule has 2 aliphatic heterocycles. The third kappa shape index (κ3) is 4.45. The first-order chi connectivity index (χ1) is 13.2. The fourth-order valence-electron chi connectivity index (χ4n) is 3.86. The van der Waals surface area contributed by atoms with Crippen LogP contribution >= 0.6 is 11.9 Å². The number of likely N-dealkylation sites (N-methyl/N-ethyl adjacent to an activating group) is 1. The zero-order valence-electron chi connectivity index (χ0n) is 15.9. The van der Waals surface area contributed by atoms with Crippen LogP contribution in [-0.2, 0) is 0 Å². The van der Waals surface area contributed by atoms with Crippen molar-refractivity contribution in [3.8, 4) is 0 Å². The van der Waals surface area contributed by atoms with E-state index in [9.17, 15) is 4.39 Å². The normalized spacial score (nSPS) is 22.1. The Morgan fingerprint density at radius 2 is 1.78 bits per heavy atom. The predicted molar refractivity (Wildman–Crippen MR) is 110 cm³/mol. The molecule has 6 heteroatoms. The first kappa shape index (κ1) is 18.7. The van der Waals surface area contributed by atoms with Crippen LogP contribution in [0.1, 0.15) is 30.9 Å². The van der Waals surface area contributed by atoms with Crippen LogP contribution in [0.2, 0.25) is 0 Å². The van der Waals surface area contributed by atoms with Gasteiger partial charge in [0.2, 0.25) is 0 Å². The molecule has 0 saturated carbocycles. The molecule has 0 radical (unpaired) electrons. The number of piperidine rings is 1. The van der Waals surface area contributed by atoms with Gasteiger partial charge in [-0.1, -0.05) is 30.7 Å². The maximum Gasteiger partial charge on any atom is 0.129 e. The van der Waals surface area contributed by atoms with Crippen LogP contribution in [0.25, 0.3) is 0 Å². The van der Waals surface area contributed by atoms with E-state index in [4.69, 9.17) is 4.98 Å². The van der Waals surface area contributed by atoms with Gasteiger partial charge in [-0.3, -0.25) is 0 Å². The molecule has 2 saturated heterocycles. The largest absolute Gasteiger partial charge is 0.354 e. The van der Waals surface area contributed by atoms with Crippen LogP contribution in [-0.4, -0.2) is 54.0 Å². The van der Waals surface area contributed by atoms with Crippen molar-refractivity contribution in [3.05, 3.63) is 53.8 Å². The van der Waals surface area contributed by atoms with E-state index in [0.717, 1.165) is 68.4 Å². The minimum atomic E-state index is -0.103. The first-order valence-electron chi connectivity index (χ1n) is 9.80. The highest BCUT2D eigenvalue weighted by Gasteiger charge is 2.27. The maximum absolute atomic E-state index is 14.4. The molecular weight excluding hydrogens is 359 g/mol. The second-order valence-corrected chi connectivity index (χ2v) is 8.46. The molecule has 1 aromatic carbocycles. The monoisotopic (exact) mass is 386 g/mol. The average molecular weight is 387 g/mol. The molecule has 2 fully saturated rings. The summed E-state index contributed by atoms with van der Waals surface area (Å²) in [5.41, 5.74) is 0.805. The van der Waals surface area contributed by atoms with Crippen molar-refractivity contribution >= 4 is 17.8 Å². The SMILES string of the molecule is CN1CCN(c2cccc(SN3CCCCC3c3ccccc3F)n2)CC1. The Labute approximate surface area is 165 Å². The quantitative estimate of drug-likeness (QED) is 0.733. The molecule has 1 aromatic heterocycles. The molecule has 0 aliphatic carbocycles. The van der Waals surface area contributed by atoms with Gasteiger partial charge in [-0.25, -0.2) is 13.7 Å². The minimum Gasteiger partial charge on any atom is -0.354 e. The molecule has 0 bridgehead atoms. The topological polar surface area (TPSA) is 22.6 Å². The summed E-state index contributed by atoms with van der Waals surface area (Å²) in [5.74, 6) is 0.946. The smallest absolute Gasteiger partial charge is 0.129 e. The molecule has 3 heterocycles. The number of halogens is 1. The van der Waals surface area contributed by atoms with Crippen molar-refractivity contribution in [2.24, 2.45) is 0 Å². The van der Waals surface area contributed by atoms with Gasteiger partial charge >= 0.3 is 0 Å². The Balaban J connectivity index is 1.50. The third-order valence-corrected chi connectivity index (χ3v) is 6.55. The summed E-state index contributed by atoms with van der Waals surface area (Å²) in [4.78, 5) is 9.61. The number of aromatic nitrogens is 1. The molecule has 2 aromatic rings. The maximum atomic E-state index is 14.4. The van der Waals surface area contributed by atoms with E-state index in [1.807, 2.05) is 12.1 Å². The van der Waals surface area contributed by atoms with Gasteiger partial charge < -0.3 is 9.80 Å². The van der Waals surface area contributed by atoms with Gasteiger partial charge in [0.25, 0.3) is 0 Å². The molecule has 2 aliphatic rings. The second-order valence-electron chi connectivity index (χ2n) is 7.39. The van der Waals surface area contributed by atoms with E-state index < -0.39 is 0 Å². The van der Waals surface area contributed by atoms with Crippen LogP contribution in [0, 0.1) is 5.82 Å². The van der Waals surface area contributed by atoms with E-state index in [1.165, 1.54) is 0 Å². The van der Waals surface area contributed by atoms with Gasteiger partial charge in [0, 0.05) is 44.3 Å². The highest BCUT2D eigenvalue weighted by molar-refractivity contribution is 7.97. The summed E-state index contributed by atoms with van der Waals surface area (Å²) in [6.07, 6.45) is 3.28. The Kier molecular flexibility index (Phi) is 5.95. The van der Waals surface area contributed by atoms with Crippen molar-refractivity contribution in [1.29, 1.82) is 0 Å². The van der Waals surface area contributed by atoms with E-state index in [0.29, 0.717) is 0 Å². The summed E-state index contributed by atoms with van der Waals surface area (Å²) in [6, 6.07) is 13.6. The van der Waals surface area contributed by atoms with Gasteiger partial charge in [-0.2, -0.15) is 0 Å². The van der Waals surface area contributed by atoms with E-state index in [-0.39, 0.29) is 11.9 Å². The van der Waals surface area contributed by atoms with Crippen LogP contribution in [0.15, 0.2) is 47.5 Å². The molecule has 1 unspecified atom stereocenters.